The third-order valence-electron chi connectivity index (χ3n) is 5.10. The molecular weight excluding hydrogens is 492 g/mol. The Morgan fingerprint density at radius 2 is 1.41 bits per heavy atom. The van der Waals surface area contributed by atoms with Crippen molar-refractivity contribution in [1.82, 2.24) is 5.32 Å². The Hall–Kier alpha value is -4.18. The zero-order valence-electron chi connectivity index (χ0n) is 21.0. The van der Waals surface area contributed by atoms with E-state index in [0.29, 0.717) is 5.56 Å². The molecule has 3 aromatic rings. The van der Waals surface area contributed by atoms with Gasteiger partial charge in [-0.1, -0.05) is 42.5 Å². The Morgan fingerprint density at radius 3 is 2.00 bits per heavy atom. The van der Waals surface area contributed by atoms with Crippen molar-refractivity contribution in [2.45, 2.75) is 45.3 Å². The molecule has 9 nitrogen and oxygen atoms in total. The van der Waals surface area contributed by atoms with Crippen LogP contribution in [0.4, 0.5) is 10.5 Å². The fourth-order valence-electron chi connectivity index (χ4n) is 3.35. The van der Waals surface area contributed by atoms with Crippen LogP contribution in [0.2, 0.25) is 19.6 Å². The maximum absolute atomic E-state index is 12.9. The van der Waals surface area contributed by atoms with Crippen LogP contribution in [-0.4, -0.2) is 31.3 Å². The van der Waals surface area contributed by atoms with Gasteiger partial charge in [-0.2, -0.15) is 0 Å². The van der Waals surface area contributed by atoms with Gasteiger partial charge in [-0.3, -0.25) is 10.1 Å². The molecule has 0 spiro atoms. The number of rotatable bonds is 11. The van der Waals surface area contributed by atoms with Gasteiger partial charge < -0.3 is 19.2 Å². The standard InChI is InChI=1S/C27H30N2O7Si/c1-37(2,3)36-24-15-11-20(12-16-24)17-25(28-27(31)35-19-21-7-5-4-6-8-21)26(30)34-18-22-9-13-23(14-10-22)29(32)33/h4-16,25H,17-19H2,1-3H3,(H,28,31)/t25-/m0/s1. The molecule has 0 radical (unpaired) electrons. The molecule has 0 aliphatic rings. The topological polar surface area (TPSA) is 117 Å². The third kappa shape index (κ3) is 9.41. The average Bonchev–Trinajstić information content (AvgIpc) is 2.86. The first kappa shape index (κ1) is 27.4. The van der Waals surface area contributed by atoms with Crippen molar-refractivity contribution >= 4 is 26.1 Å². The summed E-state index contributed by atoms with van der Waals surface area (Å²) in [6.07, 6.45) is -0.577. The summed E-state index contributed by atoms with van der Waals surface area (Å²) < 4.78 is 16.7. The SMILES string of the molecule is C[Si](C)(C)Oc1ccc(C[C@H](NC(=O)OCc2ccccc2)C(=O)OCc2ccc([N+](=O)[O-])cc2)cc1. The Kier molecular flexibility index (Phi) is 9.39. The highest BCUT2D eigenvalue weighted by atomic mass is 28.4. The van der Waals surface area contributed by atoms with Gasteiger partial charge in [-0.25, -0.2) is 9.59 Å². The molecular formula is C27H30N2O7Si. The first-order chi connectivity index (χ1) is 17.6. The molecule has 0 saturated heterocycles. The van der Waals surface area contributed by atoms with Crippen molar-refractivity contribution < 1.29 is 28.4 Å². The van der Waals surface area contributed by atoms with Crippen LogP contribution in [0.5, 0.6) is 5.75 Å². The monoisotopic (exact) mass is 522 g/mol. The summed E-state index contributed by atoms with van der Waals surface area (Å²) in [5.41, 5.74) is 2.13. The van der Waals surface area contributed by atoms with E-state index in [9.17, 15) is 19.7 Å². The number of amides is 1. The number of benzene rings is 3. The van der Waals surface area contributed by atoms with Crippen LogP contribution in [0.1, 0.15) is 16.7 Å². The van der Waals surface area contributed by atoms with Crippen LogP contribution >= 0.6 is 0 Å². The summed E-state index contributed by atoms with van der Waals surface area (Å²) in [5, 5.41) is 13.4. The second-order valence-corrected chi connectivity index (χ2v) is 13.8. The molecule has 1 N–H and O–H groups in total. The number of alkyl carbamates (subject to hydrolysis) is 1. The number of nitrogens with zero attached hydrogens (tertiary/aromatic N) is 1. The van der Waals surface area contributed by atoms with Gasteiger partial charge >= 0.3 is 12.1 Å². The van der Waals surface area contributed by atoms with Gasteiger partial charge in [-0.05, 0) is 60.6 Å². The summed E-state index contributed by atoms with van der Waals surface area (Å²) in [4.78, 5) is 35.8. The molecule has 3 aromatic carbocycles. The minimum Gasteiger partial charge on any atom is -0.544 e. The summed E-state index contributed by atoms with van der Waals surface area (Å²) in [6.45, 7) is 6.21. The molecule has 0 unspecified atom stereocenters. The second-order valence-electron chi connectivity index (χ2n) is 9.35. The molecule has 194 valence electrons. The molecule has 10 heteroatoms. The molecule has 0 heterocycles. The Bertz CT molecular complexity index is 1190. The van der Waals surface area contributed by atoms with Crippen molar-refractivity contribution in [1.29, 1.82) is 0 Å². The first-order valence-electron chi connectivity index (χ1n) is 11.7. The zero-order chi connectivity index (χ0) is 26.8. The van der Waals surface area contributed by atoms with Crippen LogP contribution in [0.25, 0.3) is 0 Å². The van der Waals surface area contributed by atoms with E-state index in [4.69, 9.17) is 13.9 Å². The normalized spacial score (nSPS) is 11.8. The van der Waals surface area contributed by atoms with Crippen molar-refractivity contribution in [2.24, 2.45) is 0 Å². The highest BCUT2D eigenvalue weighted by Crippen LogP contribution is 2.18. The molecule has 0 aromatic heterocycles. The molecule has 0 saturated carbocycles. The van der Waals surface area contributed by atoms with E-state index >= 15 is 0 Å². The molecule has 0 bridgehead atoms. The molecule has 37 heavy (non-hydrogen) atoms. The van der Waals surface area contributed by atoms with E-state index < -0.39 is 31.3 Å². The number of esters is 1. The Morgan fingerprint density at radius 1 is 0.838 bits per heavy atom. The Labute approximate surface area is 216 Å². The highest BCUT2D eigenvalue weighted by Gasteiger charge is 2.24. The number of carbonyl (C=O) groups is 2. The van der Waals surface area contributed by atoms with Gasteiger partial charge in [0.25, 0.3) is 5.69 Å². The van der Waals surface area contributed by atoms with Gasteiger partial charge in [0.05, 0.1) is 4.92 Å². The number of ether oxygens (including phenoxy) is 2. The molecule has 0 aliphatic carbocycles. The van der Waals surface area contributed by atoms with Gasteiger partial charge in [0.1, 0.15) is 25.0 Å². The van der Waals surface area contributed by atoms with Crippen molar-refractivity contribution in [2.75, 3.05) is 0 Å². The number of nitro benzene ring substituents is 1. The second kappa shape index (κ2) is 12.7. The first-order valence-corrected chi connectivity index (χ1v) is 15.1. The number of hydrogen-bond donors (Lipinski definition) is 1. The molecule has 1 amide bonds. The van der Waals surface area contributed by atoms with E-state index in [-0.39, 0.29) is 25.3 Å². The lowest BCUT2D eigenvalue weighted by molar-refractivity contribution is -0.384. The average molecular weight is 523 g/mol. The third-order valence-corrected chi connectivity index (χ3v) is 5.95. The van der Waals surface area contributed by atoms with Crippen LogP contribution < -0.4 is 9.74 Å². The minimum absolute atomic E-state index is 0.0555. The summed E-state index contributed by atoms with van der Waals surface area (Å²) >= 11 is 0. The molecule has 0 aliphatic heterocycles. The fourth-order valence-corrected chi connectivity index (χ4v) is 4.20. The quantitative estimate of drug-likeness (QED) is 0.155. The minimum atomic E-state index is -1.76. The van der Waals surface area contributed by atoms with Gasteiger partial charge in [0.15, 0.2) is 0 Å². The fraction of sp³-hybridized carbons (Fsp3) is 0.259. The van der Waals surface area contributed by atoms with E-state index in [1.165, 1.54) is 24.3 Å². The predicted octanol–water partition coefficient (Wildman–Crippen LogP) is 5.39. The maximum atomic E-state index is 12.9. The lowest BCUT2D eigenvalue weighted by Gasteiger charge is -2.20. The van der Waals surface area contributed by atoms with Gasteiger partial charge in [-0.15, -0.1) is 0 Å². The van der Waals surface area contributed by atoms with Crippen LogP contribution in [0.15, 0.2) is 78.9 Å². The summed E-state index contributed by atoms with van der Waals surface area (Å²) in [5.74, 6) is 0.0906. The van der Waals surface area contributed by atoms with E-state index in [1.54, 1.807) is 0 Å². The predicted molar refractivity (Wildman–Crippen MR) is 141 cm³/mol. The highest BCUT2D eigenvalue weighted by molar-refractivity contribution is 6.70. The summed E-state index contributed by atoms with van der Waals surface area (Å²) in [6, 6.07) is 21.2. The number of nitro groups is 1. The van der Waals surface area contributed by atoms with Gasteiger partial charge in [0, 0.05) is 18.6 Å². The summed E-state index contributed by atoms with van der Waals surface area (Å²) in [7, 11) is -1.76. The zero-order valence-corrected chi connectivity index (χ0v) is 22.0. The van der Waals surface area contributed by atoms with Crippen molar-refractivity contribution in [3.05, 3.63) is 106 Å². The number of nitrogens with one attached hydrogen (secondary N) is 1. The molecule has 0 fully saturated rings. The van der Waals surface area contributed by atoms with Crippen LogP contribution in [0, 0.1) is 10.1 Å². The lowest BCUT2D eigenvalue weighted by Crippen LogP contribution is -2.43. The molecule has 1 atom stereocenters. The molecule has 3 rings (SSSR count). The van der Waals surface area contributed by atoms with Crippen LogP contribution in [0.3, 0.4) is 0 Å². The largest absolute Gasteiger partial charge is 0.544 e. The van der Waals surface area contributed by atoms with E-state index in [0.717, 1.165) is 16.9 Å². The van der Waals surface area contributed by atoms with Crippen LogP contribution in [-0.2, 0) is 33.9 Å². The van der Waals surface area contributed by atoms with Crippen molar-refractivity contribution in [3.8, 4) is 5.75 Å². The van der Waals surface area contributed by atoms with E-state index in [1.807, 2.05) is 54.6 Å². The maximum Gasteiger partial charge on any atom is 0.408 e. The Balaban J connectivity index is 1.66. The number of carbonyl (C=O) groups excluding carboxylic acids is 2. The van der Waals surface area contributed by atoms with Gasteiger partial charge in [0.2, 0.25) is 8.32 Å². The van der Waals surface area contributed by atoms with Crippen molar-refractivity contribution in [3.63, 3.8) is 0 Å². The number of hydrogen-bond acceptors (Lipinski definition) is 7. The smallest absolute Gasteiger partial charge is 0.408 e. The van der Waals surface area contributed by atoms with E-state index in [2.05, 4.69) is 25.0 Å². The lowest BCUT2D eigenvalue weighted by atomic mass is 10.1. The number of non-ortho nitro benzene ring substituents is 1.